The average molecular weight is 341 g/mol. The molecule has 0 unspecified atom stereocenters. The summed E-state index contributed by atoms with van der Waals surface area (Å²) < 4.78 is 4.94. The first kappa shape index (κ1) is 18.3. The van der Waals surface area contributed by atoms with Gasteiger partial charge in [0.05, 0.1) is 6.61 Å². The Morgan fingerprint density at radius 3 is 2.28 bits per heavy atom. The first-order chi connectivity index (χ1) is 12.0. The molecule has 2 rings (SSSR count). The minimum Gasteiger partial charge on any atom is -0.449 e. The largest absolute Gasteiger partial charge is 0.449 e. The Balaban J connectivity index is 1.86. The second-order valence-corrected chi connectivity index (χ2v) is 5.60. The minimum atomic E-state index is -0.418. The number of benzene rings is 2. The van der Waals surface area contributed by atoms with E-state index in [0.29, 0.717) is 24.5 Å². The summed E-state index contributed by atoms with van der Waals surface area (Å²) >= 11 is 0. The van der Waals surface area contributed by atoms with Crippen molar-refractivity contribution in [2.24, 2.45) is 0 Å². The highest BCUT2D eigenvalue weighted by Gasteiger charge is 2.11. The molecule has 0 aliphatic carbocycles. The molecule has 0 atom stereocenters. The molecule has 0 fully saturated rings. The number of ether oxygens (including phenoxy) is 1. The molecule has 0 radical (unpaired) electrons. The van der Waals surface area contributed by atoms with E-state index in [1.54, 1.807) is 38.2 Å². The topological polar surface area (TPSA) is 70.7 Å². The fraction of sp³-hybridized carbons (Fsp3) is 0.263. The third kappa shape index (κ3) is 5.53. The Kier molecular flexibility index (Phi) is 6.39. The maximum atomic E-state index is 12.0. The Morgan fingerprint density at radius 1 is 1.04 bits per heavy atom. The predicted molar refractivity (Wildman–Crippen MR) is 98.9 cm³/mol. The Morgan fingerprint density at radius 2 is 1.68 bits per heavy atom. The lowest BCUT2D eigenvalue weighted by molar-refractivity contribution is 0.161. The molecule has 0 bridgehead atoms. The van der Waals surface area contributed by atoms with E-state index in [0.717, 1.165) is 5.56 Å². The second kappa shape index (κ2) is 8.73. The van der Waals surface area contributed by atoms with Gasteiger partial charge in [0, 0.05) is 25.0 Å². The zero-order valence-electron chi connectivity index (χ0n) is 14.7. The molecule has 0 aliphatic heterocycles. The van der Waals surface area contributed by atoms with Crippen molar-refractivity contribution in [2.75, 3.05) is 23.9 Å². The van der Waals surface area contributed by atoms with Crippen LogP contribution in [0, 0.1) is 6.92 Å². The molecule has 2 N–H and O–H groups in total. The van der Waals surface area contributed by atoms with Gasteiger partial charge in [-0.15, -0.1) is 0 Å². The molecule has 2 aromatic carbocycles. The molecule has 132 valence electrons. The summed E-state index contributed by atoms with van der Waals surface area (Å²) in [6, 6.07) is 14.6. The van der Waals surface area contributed by atoms with Crippen molar-refractivity contribution < 1.29 is 14.3 Å². The zero-order chi connectivity index (χ0) is 18.2. The lowest BCUT2D eigenvalue weighted by Gasteiger charge is -2.17. The fourth-order valence-corrected chi connectivity index (χ4v) is 2.16. The molecule has 3 amide bonds. The third-order valence-electron chi connectivity index (χ3n) is 3.63. The second-order valence-electron chi connectivity index (χ2n) is 5.60. The van der Waals surface area contributed by atoms with Gasteiger partial charge in [-0.2, -0.15) is 0 Å². The van der Waals surface area contributed by atoms with Gasteiger partial charge in [0.2, 0.25) is 0 Å². The van der Waals surface area contributed by atoms with Crippen molar-refractivity contribution in [3.63, 3.8) is 0 Å². The van der Waals surface area contributed by atoms with Gasteiger partial charge < -0.3 is 15.4 Å². The number of rotatable bonds is 5. The van der Waals surface area contributed by atoms with Gasteiger partial charge >= 0.3 is 12.1 Å². The molecule has 6 heteroatoms. The maximum Gasteiger partial charge on any atom is 0.413 e. The summed E-state index contributed by atoms with van der Waals surface area (Å²) in [6.45, 7) is 4.56. The third-order valence-corrected chi connectivity index (χ3v) is 3.63. The molecule has 6 nitrogen and oxygen atoms in total. The molecular weight excluding hydrogens is 318 g/mol. The van der Waals surface area contributed by atoms with E-state index in [1.807, 2.05) is 31.2 Å². The summed E-state index contributed by atoms with van der Waals surface area (Å²) in [7, 11) is 1.63. The lowest BCUT2D eigenvalue weighted by atomic mass is 10.1. The molecular formula is C19H23N3O3. The lowest BCUT2D eigenvalue weighted by Crippen LogP contribution is -2.28. The highest BCUT2D eigenvalue weighted by molar-refractivity contribution is 5.90. The van der Waals surface area contributed by atoms with Gasteiger partial charge in [0.15, 0.2) is 0 Å². The van der Waals surface area contributed by atoms with Gasteiger partial charge in [0.25, 0.3) is 0 Å². The van der Waals surface area contributed by atoms with Crippen molar-refractivity contribution >= 4 is 23.5 Å². The maximum absolute atomic E-state index is 12.0. The summed E-state index contributed by atoms with van der Waals surface area (Å²) in [5.74, 6) is 0. The molecule has 0 spiro atoms. The van der Waals surface area contributed by atoms with Crippen LogP contribution < -0.4 is 15.5 Å². The van der Waals surface area contributed by atoms with Crippen molar-refractivity contribution in [2.45, 2.75) is 20.4 Å². The van der Waals surface area contributed by atoms with Gasteiger partial charge in [-0.3, -0.25) is 4.90 Å². The summed E-state index contributed by atoms with van der Waals surface area (Å²) in [5.41, 5.74) is 3.54. The average Bonchev–Trinajstić information content (AvgIpc) is 2.61. The molecule has 0 aliphatic rings. The van der Waals surface area contributed by atoms with E-state index in [2.05, 4.69) is 10.6 Å². The number of nitrogens with one attached hydrogen (secondary N) is 2. The van der Waals surface area contributed by atoms with E-state index in [9.17, 15) is 9.59 Å². The molecule has 0 aromatic heterocycles. The van der Waals surface area contributed by atoms with Crippen LogP contribution in [0.4, 0.5) is 21.0 Å². The van der Waals surface area contributed by atoms with Crippen LogP contribution in [-0.2, 0) is 11.3 Å². The number of carbonyl (C=O) groups is 2. The molecule has 0 heterocycles. The predicted octanol–water partition coefficient (Wildman–Crippen LogP) is 3.91. The standard InChI is InChI=1S/C19H23N3O3/c1-4-25-19(24)22(3)17-11-9-16(10-12-17)21-18(23)20-13-15-7-5-14(2)6-8-15/h5-12H,4,13H2,1-3H3,(H2,20,21,23). The molecule has 0 saturated carbocycles. The van der Waals surface area contributed by atoms with Crippen LogP contribution in [0.3, 0.4) is 0 Å². The molecule has 2 aromatic rings. The Labute approximate surface area is 147 Å². The summed E-state index contributed by atoms with van der Waals surface area (Å²) in [5, 5.41) is 5.56. The van der Waals surface area contributed by atoms with E-state index in [4.69, 9.17) is 4.74 Å². The van der Waals surface area contributed by atoms with E-state index in [-0.39, 0.29) is 6.03 Å². The number of hydrogen-bond acceptors (Lipinski definition) is 3. The smallest absolute Gasteiger partial charge is 0.413 e. The van der Waals surface area contributed by atoms with Crippen LogP contribution >= 0.6 is 0 Å². The highest BCUT2D eigenvalue weighted by Crippen LogP contribution is 2.17. The number of urea groups is 1. The van der Waals surface area contributed by atoms with Crippen LogP contribution in [-0.4, -0.2) is 25.8 Å². The number of hydrogen-bond donors (Lipinski definition) is 2. The molecule has 0 saturated heterocycles. The number of aryl methyl sites for hydroxylation is 1. The Bertz CT molecular complexity index is 712. The van der Waals surface area contributed by atoms with Crippen LogP contribution in [0.15, 0.2) is 48.5 Å². The summed E-state index contributed by atoms with van der Waals surface area (Å²) in [4.78, 5) is 25.0. The summed E-state index contributed by atoms with van der Waals surface area (Å²) in [6.07, 6.45) is -0.418. The number of amides is 3. The molecule has 25 heavy (non-hydrogen) atoms. The van der Waals surface area contributed by atoms with Crippen molar-refractivity contribution in [1.82, 2.24) is 5.32 Å². The van der Waals surface area contributed by atoms with Crippen LogP contribution in [0.1, 0.15) is 18.1 Å². The van der Waals surface area contributed by atoms with E-state index < -0.39 is 6.09 Å². The quantitative estimate of drug-likeness (QED) is 0.866. The van der Waals surface area contributed by atoms with Crippen molar-refractivity contribution in [1.29, 1.82) is 0 Å². The zero-order valence-corrected chi connectivity index (χ0v) is 14.7. The number of carbonyl (C=O) groups excluding carboxylic acids is 2. The fourth-order valence-electron chi connectivity index (χ4n) is 2.16. The van der Waals surface area contributed by atoms with E-state index in [1.165, 1.54) is 10.5 Å². The minimum absolute atomic E-state index is 0.285. The number of nitrogens with zero attached hydrogens (tertiary/aromatic N) is 1. The van der Waals surface area contributed by atoms with Gasteiger partial charge in [0.1, 0.15) is 0 Å². The van der Waals surface area contributed by atoms with Crippen LogP contribution in [0.5, 0.6) is 0 Å². The SMILES string of the molecule is CCOC(=O)N(C)c1ccc(NC(=O)NCc2ccc(C)cc2)cc1. The van der Waals surface area contributed by atoms with Gasteiger partial charge in [-0.1, -0.05) is 29.8 Å². The Hall–Kier alpha value is -3.02. The number of anilines is 2. The first-order valence-corrected chi connectivity index (χ1v) is 8.10. The monoisotopic (exact) mass is 341 g/mol. The van der Waals surface area contributed by atoms with Crippen molar-refractivity contribution in [3.8, 4) is 0 Å². The van der Waals surface area contributed by atoms with Crippen LogP contribution in [0.25, 0.3) is 0 Å². The highest BCUT2D eigenvalue weighted by atomic mass is 16.6. The van der Waals surface area contributed by atoms with E-state index >= 15 is 0 Å². The van der Waals surface area contributed by atoms with Gasteiger partial charge in [-0.05, 0) is 43.7 Å². The van der Waals surface area contributed by atoms with Crippen molar-refractivity contribution in [3.05, 3.63) is 59.7 Å². The van der Waals surface area contributed by atoms with Crippen LogP contribution in [0.2, 0.25) is 0 Å². The van der Waals surface area contributed by atoms with Gasteiger partial charge in [-0.25, -0.2) is 9.59 Å². The first-order valence-electron chi connectivity index (χ1n) is 8.10. The normalized spacial score (nSPS) is 10.0.